The van der Waals surface area contributed by atoms with Crippen LogP contribution < -0.4 is 10.6 Å². The topological polar surface area (TPSA) is 90.8 Å². The Balaban J connectivity index is 2.69. The third-order valence-electron chi connectivity index (χ3n) is 3.26. The molecule has 136 valence electrons. The second-order valence-electron chi connectivity index (χ2n) is 7.02. The molecule has 0 aliphatic carbocycles. The van der Waals surface area contributed by atoms with E-state index < -0.39 is 29.9 Å². The van der Waals surface area contributed by atoms with Crippen LogP contribution in [0.4, 0.5) is 4.79 Å². The van der Waals surface area contributed by atoms with Gasteiger partial charge in [-0.25, -0.2) is 4.79 Å². The maximum Gasteiger partial charge on any atom is 0.407 e. The van der Waals surface area contributed by atoms with Gasteiger partial charge in [0.25, 0.3) is 0 Å². The maximum atomic E-state index is 12.0. The Morgan fingerprint density at radius 3 is 2.33 bits per heavy atom. The van der Waals surface area contributed by atoms with Crippen molar-refractivity contribution >= 4 is 6.09 Å². The number of nitrogens with one attached hydrogen (secondary N) is 2. The molecule has 24 heavy (non-hydrogen) atoms. The molecule has 1 rings (SSSR count). The fraction of sp³-hybridized carbons (Fsp3) is 0.611. The van der Waals surface area contributed by atoms with Crippen molar-refractivity contribution in [1.29, 1.82) is 0 Å². The van der Waals surface area contributed by atoms with E-state index in [-0.39, 0.29) is 6.54 Å². The predicted molar refractivity (Wildman–Crippen MR) is 93.9 cm³/mol. The molecule has 0 aliphatic heterocycles. The summed E-state index contributed by atoms with van der Waals surface area (Å²) in [6.07, 6.45) is -1.38. The van der Waals surface area contributed by atoms with E-state index in [1.165, 1.54) is 0 Å². The highest BCUT2D eigenvalue weighted by Gasteiger charge is 2.24. The van der Waals surface area contributed by atoms with Gasteiger partial charge in [0, 0.05) is 13.1 Å². The van der Waals surface area contributed by atoms with Crippen LogP contribution in [0.2, 0.25) is 0 Å². The first-order valence-corrected chi connectivity index (χ1v) is 8.27. The summed E-state index contributed by atoms with van der Waals surface area (Å²) in [5.41, 5.74) is 0.407. The van der Waals surface area contributed by atoms with Crippen LogP contribution >= 0.6 is 0 Å². The maximum absolute atomic E-state index is 12.0. The normalized spacial score (nSPS) is 15.4. The number of aliphatic hydroxyl groups is 2. The van der Waals surface area contributed by atoms with E-state index in [0.717, 1.165) is 5.56 Å². The lowest BCUT2D eigenvalue weighted by Gasteiger charge is -2.27. The number of hydrogen-bond donors (Lipinski definition) is 4. The van der Waals surface area contributed by atoms with Crippen molar-refractivity contribution in [2.45, 2.75) is 58.0 Å². The summed E-state index contributed by atoms with van der Waals surface area (Å²) in [4.78, 5) is 12.0. The number of aliphatic hydroxyl groups excluding tert-OH is 2. The standard InChI is InChI=1S/C18H30N2O4/c1-13(21)11-19-12-16(22)15(10-14-8-6-5-7-9-14)20-17(23)24-18(2,3)4/h5-9,13,15-16,19,21-22H,10-12H2,1-4H3,(H,20,23)/t13-,15-,16+/m0/s1. The molecule has 1 amide bonds. The van der Waals surface area contributed by atoms with E-state index in [0.29, 0.717) is 13.0 Å². The lowest BCUT2D eigenvalue weighted by atomic mass is 10.0. The second kappa shape index (κ2) is 9.61. The average Bonchev–Trinajstić information content (AvgIpc) is 2.45. The van der Waals surface area contributed by atoms with E-state index >= 15 is 0 Å². The minimum atomic E-state index is -0.809. The largest absolute Gasteiger partial charge is 0.444 e. The van der Waals surface area contributed by atoms with Crippen LogP contribution in [0.15, 0.2) is 30.3 Å². The van der Waals surface area contributed by atoms with E-state index in [2.05, 4.69) is 10.6 Å². The minimum absolute atomic E-state index is 0.262. The predicted octanol–water partition coefficient (Wildman–Crippen LogP) is 1.45. The van der Waals surface area contributed by atoms with E-state index in [1.807, 2.05) is 30.3 Å². The van der Waals surface area contributed by atoms with Gasteiger partial charge in [-0.05, 0) is 39.7 Å². The van der Waals surface area contributed by atoms with Gasteiger partial charge in [0.15, 0.2) is 0 Å². The molecule has 6 nitrogen and oxygen atoms in total. The highest BCUT2D eigenvalue weighted by atomic mass is 16.6. The van der Waals surface area contributed by atoms with Crippen LogP contribution in [0.1, 0.15) is 33.3 Å². The average molecular weight is 338 g/mol. The smallest absolute Gasteiger partial charge is 0.407 e. The molecule has 0 saturated heterocycles. The van der Waals surface area contributed by atoms with Crippen LogP contribution in [0, 0.1) is 0 Å². The lowest BCUT2D eigenvalue weighted by Crippen LogP contribution is -2.50. The van der Waals surface area contributed by atoms with Crippen LogP contribution in [-0.4, -0.2) is 53.2 Å². The third kappa shape index (κ3) is 8.86. The minimum Gasteiger partial charge on any atom is -0.444 e. The quantitative estimate of drug-likeness (QED) is 0.576. The molecular weight excluding hydrogens is 308 g/mol. The highest BCUT2D eigenvalue weighted by molar-refractivity contribution is 5.68. The van der Waals surface area contributed by atoms with E-state index in [9.17, 15) is 15.0 Å². The summed E-state index contributed by atoms with van der Waals surface area (Å²) in [5.74, 6) is 0. The molecule has 1 aromatic carbocycles. The number of hydrogen-bond acceptors (Lipinski definition) is 5. The zero-order valence-electron chi connectivity index (χ0n) is 15.0. The van der Waals surface area contributed by atoms with Gasteiger partial charge in [0.05, 0.1) is 18.2 Å². The van der Waals surface area contributed by atoms with Gasteiger partial charge in [-0.2, -0.15) is 0 Å². The van der Waals surface area contributed by atoms with E-state index in [1.54, 1.807) is 27.7 Å². The monoisotopic (exact) mass is 338 g/mol. The molecule has 6 heteroatoms. The molecule has 0 aliphatic rings. The molecule has 0 bridgehead atoms. The number of carbonyl (C=O) groups excluding carboxylic acids is 1. The first-order valence-electron chi connectivity index (χ1n) is 8.27. The van der Waals surface area contributed by atoms with Gasteiger partial charge in [0.2, 0.25) is 0 Å². The number of benzene rings is 1. The van der Waals surface area contributed by atoms with Crippen molar-refractivity contribution in [3.05, 3.63) is 35.9 Å². The van der Waals surface area contributed by atoms with Crippen LogP contribution in [-0.2, 0) is 11.2 Å². The van der Waals surface area contributed by atoms with Crippen LogP contribution in [0.3, 0.4) is 0 Å². The Labute approximate surface area is 144 Å². The summed E-state index contributed by atoms with van der Waals surface area (Å²) in [5, 5.41) is 25.4. The number of ether oxygens (including phenoxy) is 1. The fourth-order valence-electron chi connectivity index (χ4n) is 2.19. The third-order valence-corrected chi connectivity index (χ3v) is 3.26. The van der Waals surface area contributed by atoms with Crippen LogP contribution in [0.5, 0.6) is 0 Å². The Morgan fingerprint density at radius 1 is 1.17 bits per heavy atom. The van der Waals surface area contributed by atoms with Gasteiger partial charge in [-0.3, -0.25) is 0 Å². The molecular formula is C18H30N2O4. The number of rotatable bonds is 8. The first kappa shape index (κ1) is 20.4. The molecule has 0 aromatic heterocycles. The molecule has 0 fully saturated rings. The summed E-state index contributed by atoms with van der Waals surface area (Å²) >= 11 is 0. The van der Waals surface area contributed by atoms with Crippen molar-refractivity contribution in [3.63, 3.8) is 0 Å². The zero-order chi connectivity index (χ0) is 18.2. The Bertz CT molecular complexity index is 486. The highest BCUT2D eigenvalue weighted by Crippen LogP contribution is 2.10. The van der Waals surface area contributed by atoms with Crippen molar-refractivity contribution in [2.75, 3.05) is 13.1 Å². The second-order valence-corrected chi connectivity index (χ2v) is 7.02. The summed E-state index contributed by atoms with van der Waals surface area (Å²) in [6, 6.07) is 9.14. The number of alkyl carbamates (subject to hydrolysis) is 1. The van der Waals surface area contributed by atoms with Gasteiger partial charge in [-0.15, -0.1) is 0 Å². The zero-order valence-corrected chi connectivity index (χ0v) is 15.0. The molecule has 0 heterocycles. The SMILES string of the molecule is C[C@H](O)CNC[C@@H](O)[C@H](Cc1ccccc1)NC(=O)OC(C)(C)C. The van der Waals surface area contributed by atoms with Crippen molar-refractivity contribution in [3.8, 4) is 0 Å². The summed E-state index contributed by atoms with van der Waals surface area (Å²) in [6.45, 7) is 7.68. The fourth-order valence-corrected chi connectivity index (χ4v) is 2.19. The Hall–Kier alpha value is -1.63. The van der Waals surface area contributed by atoms with Crippen molar-refractivity contribution < 1.29 is 19.7 Å². The van der Waals surface area contributed by atoms with Crippen LogP contribution in [0.25, 0.3) is 0 Å². The molecule has 1 aromatic rings. The van der Waals surface area contributed by atoms with Crippen molar-refractivity contribution in [2.24, 2.45) is 0 Å². The molecule has 3 atom stereocenters. The van der Waals surface area contributed by atoms with Gasteiger partial charge in [0.1, 0.15) is 5.60 Å². The van der Waals surface area contributed by atoms with Gasteiger partial charge in [-0.1, -0.05) is 30.3 Å². The summed E-state index contributed by atoms with van der Waals surface area (Å²) < 4.78 is 5.28. The molecule has 0 saturated carbocycles. The summed E-state index contributed by atoms with van der Waals surface area (Å²) in [7, 11) is 0. The number of carbonyl (C=O) groups is 1. The number of amides is 1. The molecule has 0 spiro atoms. The Kier molecular flexibility index (Phi) is 8.18. The molecule has 4 N–H and O–H groups in total. The van der Waals surface area contributed by atoms with Gasteiger partial charge >= 0.3 is 6.09 Å². The van der Waals surface area contributed by atoms with E-state index in [4.69, 9.17) is 4.74 Å². The first-order chi connectivity index (χ1) is 11.2. The Morgan fingerprint density at radius 2 is 1.79 bits per heavy atom. The lowest BCUT2D eigenvalue weighted by molar-refractivity contribution is 0.0419. The molecule has 0 unspecified atom stereocenters. The van der Waals surface area contributed by atoms with Gasteiger partial charge < -0.3 is 25.6 Å². The molecule has 0 radical (unpaired) electrons. The van der Waals surface area contributed by atoms with Crippen molar-refractivity contribution in [1.82, 2.24) is 10.6 Å².